The minimum absolute atomic E-state index is 0.0807. The van der Waals surface area contributed by atoms with Crippen molar-refractivity contribution < 1.29 is 9.59 Å². The predicted molar refractivity (Wildman–Crippen MR) is 94.2 cm³/mol. The molecular weight excluding hydrogens is 300 g/mol. The van der Waals surface area contributed by atoms with Crippen molar-refractivity contribution in [1.29, 1.82) is 0 Å². The number of hydrogen-bond acceptors (Lipinski definition) is 2. The maximum atomic E-state index is 12.8. The van der Waals surface area contributed by atoms with Crippen molar-refractivity contribution in [3.63, 3.8) is 0 Å². The second kappa shape index (κ2) is 7.37. The highest BCUT2D eigenvalue weighted by Gasteiger charge is 2.51. The Morgan fingerprint density at radius 3 is 2.62 bits per heavy atom. The summed E-state index contributed by atoms with van der Waals surface area (Å²) in [4.78, 5) is 29.2. The van der Waals surface area contributed by atoms with Crippen LogP contribution in [-0.2, 0) is 16.1 Å². The molecule has 1 aliphatic carbocycles. The van der Waals surface area contributed by atoms with Crippen molar-refractivity contribution in [3.05, 3.63) is 35.9 Å². The van der Waals surface area contributed by atoms with E-state index in [0.717, 1.165) is 37.8 Å². The molecule has 0 N–H and O–H groups in total. The van der Waals surface area contributed by atoms with E-state index in [1.54, 1.807) is 4.90 Å². The Labute approximate surface area is 144 Å². The van der Waals surface area contributed by atoms with Gasteiger partial charge in [0.1, 0.15) is 0 Å². The summed E-state index contributed by atoms with van der Waals surface area (Å²) in [6.45, 7) is 3.63. The van der Waals surface area contributed by atoms with E-state index in [2.05, 4.69) is 11.8 Å². The Kier molecular flexibility index (Phi) is 5.22. The number of amides is 2. The monoisotopic (exact) mass is 328 g/mol. The SMILES string of the molecule is CCC1CCCCN1C(=O)C1CC1C(=O)N(C)Cc1ccccc1. The molecule has 2 aliphatic rings. The third-order valence-corrected chi connectivity index (χ3v) is 5.45. The fourth-order valence-corrected chi connectivity index (χ4v) is 3.89. The summed E-state index contributed by atoms with van der Waals surface area (Å²) in [6, 6.07) is 10.4. The third kappa shape index (κ3) is 3.63. The van der Waals surface area contributed by atoms with Crippen molar-refractivity contribution in [2.75, 3.05) is 13.6 Å². The predicted octanol–water partition coefficient (Wildman–Crippen LogP) is 3.07. The number of benzene rings is 1. The van der Waals surface area contributed by atoms with Gasteiger partial charge in [-0.25, -0.2) is 0 Å². The summed E-state index contributed by atoms with van der Waals surface area (Å²) >= 11 is 0. The van der Waals surface area contributed by atoms with Gasteiger partial charge in [-0.2, -0.15) is 0 Å². The lowest BCUT2D eigenvalue weighted by Gasteiger charge is -2.35. The van der Waals surface area contributed by atoms with Gasteiger partial charge in [0.05, 0.1) is 11.8 Å². The van der Waals surface area contributed by atoms with Gasteiger partial charge in [-0.1, -0.05) is 37.3 Å². The van der Waals surface area contributed by atoms with E-state index in [1.165, 1.54) is 6.42 Å². The Bertz CT molecular complexity index is 587. The summed E-state index contributed by atoms with van der Waals surface area (Å²) in [5, 5.41) is 0. The summed E-state index contributed by atoms with van der Waals surface area (Å²) in [6.07, 6.45) is 5.17. The van der Waals surface area contributed by atoms with Gasteiger partial charge in [0.25, 0.3) is 0 Å². The van der Waals surface area contributed by atoms with Gasteiger partial charge in [-0.05, 0) is 37.7 Å². The molecule has 3 unspecified atom stereocenters. The van der Waals surface area contributed by atoms with Crippen LogP contribution >= 0.6 is 0 Å². The van der Waals surface area contributed by atoms with E-state index in [4.69, 9.17) is 0 Å². The number of hydrogen-bond donors (Lipinski definition) is 0. The zero-order valence-corrected chi connectivity index (χ0v) is 14.8. The Morgan fingerprint density at radius 2 is 1.92 bits per heavy atom. The van der Waals surface area contributed by atoms with Crippen molar-refractivity contribution in [1.82, 2.24) is 9.80 Å². The van der Waals surface area contributed by atoms with Crippen LogP contribution in [-0.4, -0.2) is 41.2 Å². The average Bonchev–Trinajstić information content (AvgIpc) is 3.42. The standard InChI is InChI=1S/C20H28N2O2/c1-3-16-11-7-8-12-22(16)20(24)18-13-17(18)19(23)21(2)14-15-9-5-4-6-10-15/h4-6,9-10,16-18H,3,7-8,11-14H2,1-2H3. The first-order valence-electron chi connectivity index (χ1n) is 9.21. The topological polar surface area (TPSA) is 40.6 Å². The summed E-state index contributed by atoms with van der Waals surface area (Å²) in [5.41, 5.74) is 1.12. The molecule has 1 heterocycles. The third-order valence-electron chi connectivity index (χ3n) is 5.45. The van der Waals surface area contributed by atoms with E-state index in [9.17, 15) is 9.59 Å². The summed E-state index contributed by atoms with van der Waals surface area (Å²) < 4.78 is 0. The quantitative estimate of drug-likeness (QED) is 0.833. The van der Waals surface area contributed by atoms with E-state index in [-0.39, 0.29) is 23.7 Å². The maximum absolute atomic E-state index is 12.8. The number of carbonyl (C=O) groups is 2. The molecule has 1 saturated heterocycles. The molecule has 0 bridgehead atoms. The van der Waals surface area contributed by atoms with Gasteiger partial charge < -0.3 is 9.80 Å². The highest BCUT2D eigenvalue weighted by Crippen LogP contribution is 2.42. The molecule has 3 rings (SSSR count). The first-order chi connectivity index (χ1) is 11.6. The molecule has 24 heavy (non-hydrogen) atoms. The Hall–Kier alpha value is -1.84. The highest BCUT2D eigenvalue weighted by molar-refractivity contribution is 5.92. The number of likely N-dealkylation sites (tertiary alicyclic amines) is 1. The summed E-state index contributed by atoms with van der Waals surface area (Å²) in [5.74, 6) is 0.142. The van der Waals surface area contributed by atoms with Crippen LogP contribution in [0.15, 0.2) is 30.3 Å². The van der Waals surface area contributed by atoms with Crippen molar-refractivity contribution in [2.45, 2.75) is 51.6 Å². The molecule has 1 saturated carbocycles. The van der Waals surface area contributed by atoms with Gasteiger partial charge in [-0.15, -0.1) is 0 Å². The molecule has 4 nitrogen and oxygen atoms in total. The summed E-state index contributed by atoms with van der Waals surface area (Å²) in [7, 11) is 1.84. The molecule has 4 heteroatoms. The van der Waals surface area contributed by atoms with Crippen LogP contribution in [0.2, 0.25) is 0 Å². The van der Waals surface area contributed by atoms with Crippen LogP contribution < -0.4 is 0 Å². The van der Waals surface area contributed by atoms with Crippen LogP contribution in [0.1, 0.15) is 44.6 Å². The van der Waals surface area contributed by atoms with Crippen molar-refractivity contribution in [3.8, 4) is 0 Å². The molecule has 1 aromatic rings. The minimum atomic E-state index is -0.106. The lowest BCUT2D eigenvalue weighted by molar-refractivity contribution is -0.140. The zero-order valence-electron chi connectivity index (χ0n) is 14.8. The molecule has 0 aromatic heterocycles. The van der Waals surface area contributed by atoms with E-state index < -0.39 is 0 Å². The van der Waals surface area contributed by atoms with Crippen molar-refractivity contribution in [2.24, 2.45) is 11.8 Å². The van der Waals surface area contributed by atoms with Crippen LogP contribution in [0, 0.1) is 11.8 Å². The highest BCUT2D eigenvalue weighted by atomic mass is 16.2. The molecule has 0 spiro atoms. The number of nitrogens with zero attached hydrogens (tertiary/aromatic N) is 2. The largest absolute Gasteiger partial charge is 0.341 e. The van der Waals surface area contributed by atoms with Gasteiger partial charge >= 0.3 is 0 Å². The molecule has 1 aromatic carbocycles. The Balaban J connectivity index is 1.55. The minimum Gasteiger partial charge on any atom is -0.341 e. The fraction of sp³-hybridized carbons (Fsp3) is 0.600. The second-order valence-electron chi connectivity index (χ2n) is 7.22. The molecule has 1 aliphatic heterocycles. The van der Waals surface area contributed by atoms with Crippen LogP contribution in [0.3, 0.4) is 0 Å². The van der Waals surface area contributed by atoms with Crippen LogP contribution in [0.25, 0.3) is 0 Å². The normalized spacial score (nSPS) is 26.1. The lowest BCUT2D eigenvalue weighted by atomic mass is 9.99. The molecule has 130 valence electrons. The zero-order chi connectivity index (χ0) is 17.1. The number of rotatable bonds is 5. The second-order valence-corrected chi connectivity index (χ2v) is 7.22. The van der Waals surface area contributed by atoms with Crippen LogP contribution in [0.5, 0.6) is 0 Å². The first kappa shape index (κ1) is 17.0. The maximum Gasteiger partial charge on any atom is 0.226 e. The van der Waals surface area contributed by atoms with Gasteiger partial charge in [-0.3, -0.25) is 9.59 Å². The van der Waals surface area contributed by atoms with Gasteiger partial charge in [0, 0.05) is 26.2 Å². The number of piperidine rings is 1. The lowest BCUT2D eigenvalue weighted by Crippen LogP contribution is -2.44. The van der Waals surface area contributed by atoms with E-state index >= 15 is 0 Å². The molecule has 3 atom stereocenters. The Morgan fingerprint density at radius 1 is 1.17 bits per heavy atom. The van der Waals surface area contributed by atoms with E-state index in [1.807, 2.05) is 37.4 Å². The first-order valence-corrected chi connectivity index (χ1v) is 9.21. The molecule has 2 fully saturated rings. The van der Waals surface area contributed by atoms with Gasteiger partial charge in [0.15, 0.2) is 0 Å². The van der Waals surface area contributed by atoms with Crippen molar-refractivity contribution >= 4 is 11.8 Å². The molecule has 0 radical (unpaired) electrons. The number of carbonyl (C=O) groups excluding carboxylic acids is 2. The smallest absolute Gasteiger partial charge is 0.226 e. The fourth-order valence-electron chi connectivity index (χ4n) is 3.89. The van der Waals surface area contributed by atoms with E-state index in [0.29, 0.717) is 12.6 Å². The molecular formula is C20H28N2O2. The average molecular weight is 328 g/mol. The van der Waals surface area contributed by atoms with Gasteiger partial charge in [0.2, 0.25) is 11.8 Å². The molecule has 2 amide bonds. The van der Waals surface area contributed by atoms with Crippen LogP contribution in [0.4, 0.5) is 0 Å².